The van der Waals surface area contributed by atoms with E-state index in [1.54, 1.807) is 12.4 Å². The van der Waals surface area contributed by atoms with Crippen LogP contribution in [0.3, 0.4) is 0 Å². The molecular formula is C47H31N5O. The summed E-state index contributed by atoms with van der Waals surface area (Å²) in [5, 5.41) is 9.22. The van der Waals surface area contributed by atoms with Crippen molar-refractivity contribution in [2.45, 2.75) is 5.41 Å². The molecule has 1 aliphatic carbocycles. The Hall–Kier alpha value is -7.18. The number of hydrogen-bond acceptors (Lipinski definition) is 4. The largest absolute Gasteiger partial charge is 0.456 e. The number of benzene rings is 5. The third-order valence-corrected chi connectivity index (χ3v) is 10.4. The van der Waals surface area contributed by atoms with Gasteiger partial charge < -0.3 is 9.72 Å². The first-order valence-corrected chi connectivity index (χ1v) is 17.6. The van der Waals surface area contributed by atoms with E-state index < -0.39 is 5.41 Å². The molecule has 3 aromatic heterocycles. The number of aromatic nitrogens is 3. The van der Waals surface area contributed by atoms with Gasteiger partial charge in [-0.2, -0.15) is 0 Å². The molecule has 6 heteroatoms. The molecule has 250 valence electrons. The minimum absolute atomic E-state index is 0.169. The van der Waals surface area contributed by atoms with Crippen molar-refractivity contribution in [2.24, 2.45) is 4.99 Å². The lowest BCUT2D eigenvalue weighted by Crippen LogP contribution is -2.32. The van der Waals surface area contributed by atoms with E-state index in [1.165, 1.54) is 11.1 Å². The van der Waals surface area contributed by atoms with Crippen LogP contribution in [0.1, 0.15) is 27.8 Å². The van der Waals surface area contributed by atoms with Gasteiger partial charge in [0.05, 0.1) is 5.41 Å². The van der Waals surface area contributed by atoms with Crippen LogP contribution in [-0.2, 0) is 5.41 Å². The van der Waals surface area contributed by atoms with Crippen molar-refractivity contribution in [2.75, 3.05) is 0 Å². The summed E-state index contributed by atoms with van der Waals surface area (Å²) in [6.07, 6.45) is 9.38. The summed E-state index contributed by atoms with van der Waals surface area (Å²) in [5.74, 6) is 1.74. The average molecular weight is 682 g/mol. The Morgan fingerprint density at radius 3 is 1.92 bits per heavy atom. The van der Waals surface area contributed by atoms with E-state index in [-0.39, 0.29) is 5.84 Å². The first-order valence-electron chi connectivity index (χ1n) is 17.6. The lowest BCUT2D eigenvalue weighted by molar-refractivity contribution is 0.433. The quantitative estimate of drug-likeness (QED) is 0.143. The third kappa shape index (κ3) is 4.88. The molecule has 0 unspecified atom stereocenters. The van der Waals surface area contributed by atoms with Crippen molar-refractivity contribution < 1.29 is 4.74 Å². The maximum Gasteiger partial charge on any atom is 0.154 e. The molecule has 0 saturated heterocycles. The topological polar surface area (TPSA) is 87.0 Å². The van der Waals surface area contributed by atoms with Crippen molar-refractivity contribution >= 4 is 5.84 Å². The van der Waals surface area contributed by atoms with Gasteiger partial charge in [-0.05, 0) is 80.4 Å². The van der Waals surface area contributed by atoms with Gasteiger partial charge in [-0.1, -0.05) is 115 Å². The number of pyridine rings is 3. The molecule has 8 aromatic rings. The molecule has 0 amide bonds. The average Bonchev–Trinajstić information content (AvgIpc) is 3.51. The summed E-state index contributed by atoms with van der Waals surface area (Å²) < 4.78 is 6.45. The zero-order valence-corrected chi connectivity index (χ0v) is 28.5. The van der Waals surface area contributed by atoms with Gasteiger partial charge in [0.1, 0.15) is 17.0 Å². The lowest BCUT2D eigenvalue weighted by Gasteiger charge is -2.38. The maximum atomic E-state index is 9.22. The van der Waals surface area contributed by atoms with E-state index in [0.717, 1.165) is 72.7 Å². The number of nitrogens with zero attached hydrogens (tertiary/aromatic N) is 3. The Morgan fingerprint density at radius 1 is 0.528 bits per heavy atom. The molecule has 0 atom stereocenters. The first kappa shape index (κ1) is 30.6. The van der Waals surface area contributed by atoms with Gasteiger partial charge in [-0.25, -0.2) is 4.99 Å². The van der Waals surface area contributed by atoms with E-state index in [4.69, 9.17) is 9.73 Å². The van der Waals surface area contributed by atoms with Crippen LogP contribution in [-0.4, -0.2) is 20.8 Å². The summed E-state index contributed by atoms with van der Waals surface area (Å²) >= 11 is 0. The molecule has 6 nitrogen and oxygen atoms in total. The van der Waals surface area contributed by atoms with E-state index >= 15 is 0 Å². The summed E-state index contributed by atoms with van der Waals surface area (Å²) in [6, 6.07) is 49.9. The molecular weight excluding hydrogens is 651 g/mol. The maximum absolute atomic E-state index is 9.22. The van der Waals surface area contributed by atoms with E-state index in [1.807, 2.05) is 79.3 Å². The highest BCUT2D eigenvalue weighted by molar-refractivity contribution is 5.98. The van der Waals surface area contributed by atoms with Crippen LogP contribution in [0.5, 0.6) is 11.5 Å². The van der Waals surface area contributed by atoms with Crippen molar-refractivity contribution in [1.82, 2.24) is 15.0 Å². The van der Waals surface area contributed by atoms with Crippen molar-refractivity contribution in [1.29, 1.82) is 5.41 Å². The zero-order chi connectivity index (χ0) is 35.4. The van der Waals surface area contributed by atoms with Crippen molar-refractivity contribution in [3.8, 4) is 56.0 Å². The van der Waals surface area contributed by atoms with Crippen molar-refractivity contribution in [3.05, 3.63) is 210 Å². The lowest BCUT2D eigenvalue weighted by atomic mass is 9.67. The number of ether oxygens (including phenoxy) is 1. The summed E-state index contributed by atoms with van der Waals surface area (Å²) in [7, 11) is 0. The minimum atomic E-state index is -0.664. The molecule has 10 rings (SSSR count). The van der Waals surface area contributed by atoms with Crippen LogP contribution in [0, 0.1) is 5.41 Å². The molecule has 1 aliphatic heterocycles. The smallest absolute Gasteiger partial charge is 0.154 e. The Morgan fingerprint density at radius 2 is 1.17 bits per heavy atom. The summed E-state index contributed by atoms with van der Waals surface area (Å²) in [6.45, 7) is 0. The number of hydrogen-bond donors (Lipinski definition) is 2. The molecule has 0 radical (unpaired) electrons. The number of amidine groups is 1. The van der Waals surface area contributed by atoms with E-state index in [0.29, 0.717) is 5.49 Å². The number of aromatic amines is 1. The fraction of sp³-hybridized carbons (Fsp3) is 0.0213. The van der Waals surface area contributed by atoms with Gasteiger partial charge in [-0.15, -0.1) is 0 Å². The first-order chi connectivity index (χ1) is 26.2. The third-order valence-electron chi connectivity index (χ3n) is 10.4. The summed E-state index contributed by atoms with van der Waals surface area (Å²) in [5.41, 5.74) is 13.5. The standard InChI is InChI=1S/C47H31N5O/c48-45(52-46-38(31-12-5-2-6-13-31)25-35(27-51-46)30-10-3-1-4-11-30)34-15-9-14-32(24-34)33-18-19-37-36-16-7-8-17-39(36)47(40(37)26-33)41-28-49-22-20-43(41)53-44-21-23-50-29-42(44)47/h1-29H,(H2,48,51,52). The van der Waals surface area contributed by atoms with Crippen LogP contribution in [0.2, 0.25) is 0 Å². The second kappa shape index (κ2) is 12.2. The van der Waals surface area contributed by atoms with Crippen LogP contribution >= 0.6 is 0 Å². The summed E-state index contributed by atoms with van der Waals surface area (Å²) in [4.78, 5) is 17.5. The Bertz CT molecular complexity index is 2740. The molecule has 53 heavy (non-hydrogen) atoms. The second-order valence-corrected chi connectivity index (χ2v) is 13.3. The number of fused-ring (bicyclic) bond motifs is 9. The van der Waals surface area contributed by atoms with Gasteiger partial charge in [0, 0.05) is 53.2 Å². The number of nitrogens with one attached hydrogen (secondary N) is 2. The molecule has 2 N–H and O–H groups in total. The molecule has 0 saturated carbocycles. The fourth-order valence-corrected chi connectivity index (χ4v) is 8.05. The van der Waals surface area contributed by atoms with Gasteiger partial charge in [0.15, 0.2) is 5.84 Å². The van der Waals surface area contributed by atoms with Gasteiger partial charge in [0.2, 0.25) is 0 Å². The second-order valence-electron chi connectivity index (χ2n) is 13.3. The van der Waals surface area contributed by atoms with Gasteiger partial charge in [-0.3, -0.25) is 15.4 Å². The van der Waals surface area contributed by atoms with E-state index in [9.17, 15) is 5.41 Å². The fourth-order valence-electron chi connectivity index (χ4n) is 8.05. The van der Waals surface area contributed by atoms with Crippen LogP contribution < -0.4 is 10.2 Å². The predicted molar refractivity (Wildman–Crippen MR) is 209 cm³/mol. The highest BCUT2D eigenvalue weighted by Gasteiger charge is 2.51. The molecule has 1 spiro atoms. The molecule has 2 aliphatic rings. The van der Waals surface area contributed by atoms with Gasteiger partial charge >= 0.3 is 0 Å². The van der Waals surface area contributed by atoms with Crippen molar-refractivity contribution in [3.63, 3.8) is 0 Å². The highest BCUT2D eigenvalue weighted by Crippen LogP contribution is 2.62. The molecule has 4 heterocycles. The van der Waals surface area contributed by atoms with Crippen LogP contribution in [0.25, 0.3) is 44.5 Å². The highest BCUT2D eigenvalue weighted by atomic mass is 16.5. The van der Waals surface area contributed by atoms with Crippen LogP contribution in [0.4, 0.5) is 0 Å². The monoisotopic (exact) mass is 681 g/mol. The molecule has 5 aromatic carbocycles. The predicted octanol–water partition coefficient (Wildman–Crippen LogP) is 10.2. The number of H-pyrrole nitrogens is 1. The van der Waals surface area contributed by atoms with Crippen LogP contribution in [0.15, 0.2) is 182 Å². The SMILES string of the molecule is N=C(N=c1[nH]cc(-c2ccccc2)cc1-c1ccccc1)c1cccc(-c2ccc3c(c2)C2(c4cnccc4Oc4ccncc42)c2ccccc2-3)c1. The Kier molecular flexibility index (Phi) is 7.08. The van der Waals surface area contributed by atoms with Gasteiger partial charge in [0.25, 0.3) is 0 Å². The van der Waals surface area contributed by atoms with E-state index in [2.05, 4.69) is 99.9 Å². The zero-order valence-electron chi connectivity index (χ0n) is 28.5. The normalized spacial score (nSPS) is 13.4. The Balaban J connectivity index is 1.10. The number of rotatable bonds is 4. The molecule has 0 fully saturated rings. The Labute approximate surface area is 306 Å². The molecule has 0 bridgehead atoms. The minimum Gasteiger partial charge on any atom is -0.456 e.